The molecule has 3 atom stereocenters. The van der Waals surface area contributed by atoms with Gasteiger partial charge in [-0.05, 0) is 18.6 Å². The summed E-state index contributed by atoms with van der Waals surface area (Å²) in [5, 5.41) is 14.1. The monoisotopic (exact) mass is 254 g/mol. The Kier molecular flexibility index (Phi) is 3.02. The Balaban J connectivity index is 2.42. The van der Waals surface area contributed by atoms with Crippen LogP contribution in [0.3, 0.4) is 0 Å². The molecule has 0 bridgehead atoms. The summed E-state index contributed by atoms with van der Waals surface area (Å²) in [7, 11) is 0. The molecule has 6 heteroatoms. The summed E-state index contributed by atoms with van der Waals surface area (Å²) >= 11 is 6.00. The van der Waals surface area contributed by atoms with E-state index in [1.54, 1.807) is 31.2 Å². The molecule has 0 aromatic heterocycles. The van der Waals surface area contributed by atoms with Crippen molar-refractivity contribution >= 4 is 17.5 Å². The SMILES string of the molecule is CC1C(=O)NC(c2ccccc2Cl)[C@H]1[N+](=O)[O-]. The van der Waals surface area contributed by atoms with Gasteiger partial charge in [0.1, 0.15) is 12.0 Å². The molecule has 1 saturated heterocycles. The van der Waals surface area contributed by atoms with E-state index >= 15 is 0 Å². The quantitative estimate of drug-likeness (QED) is 0.646. The minimum Gasteiger partial charge on any atom is -0.342 e. The van der Waals surface area contributed by atoms with Gasteiger partial charge < -0.3 is 5.32 Å². The second-order valence-electron chi connectivity index (χ2n) is 4.07. The molecular formula is C11H11ClN2O3. The second-order valence-corrected chi connectivity index (χ2v) is 4.48. The molecule has 0 radical (unpaired) electrons. The molecule has 1 aliphatic rings. The molecule has 1 N–H and O–H groups in total. The number of halogens is 1. The molecule has 1 heterocycles. The molecule has 2 rings (SSSR count). The highest BCUT2D eigenvalue weighted by Gasteiger charge is 2.49. The first-order chi connectivity index (χ1) is 8.02. The molecule has 90 valence electrons. The van der Waals surface area contributed by atoms with E-state index in [1.165, 1.54) is 0 Å². The summed E-state index contributed by atoms with van der Waals surface area (Å²) in [6.45, 7) is 1.56. The van der Waals surface area contributed by atoms with Crippen LogP contribution in [0.5, 0.6) is 0 Å². The molecule has 1 aromatic rings. The third-order valence-corrected chi connectivity index (χ3v) is 3.39. The van der Waals surface area contributed by atoms with Crippen molar-refractivity contribution in [3.63, 3.8) is 0 Å². The van der Waals surface area contributed by atoms with Gasteiger partial charge in [-0.2, -0.15) is 0 Å². The fourth-order valence-electron chi connectivity index (χ4n) is 2.11. The van der Waals surface area contributed by atoms with Crippen LogP contribution >= 0.6 is 11.6 Å². The van der Waals surface area contributed by atoms with Gasteiger partial charge in [-0.1, -0.05) is 29.8 Å². The van der Waals surface area contributed by atoms with Crippen LogP contribution in [0.25, 0.3) is 0 Å². The first-order valence-electron chi connectivity index (χ1n) is 5.20. The molecule has 1 aromatic carbocycles. The van der Waals surface area contributed by atoms with Gasteiger partial charge in [0.2, 0.25) is 11.9 Å². The van der Waals surface area contributed by atoms with Gasteiger partial charge in [-0.3, -0.25) is 14.9 Å². The van der Waals surface area contributed by atoms with Gasteiger partial charge in [0.05, 0.1) is 0 Å². The van der Waals surface area contributed by atoms with E-state index in [0.717, 1.165) is 0 Å². The molecule has 1 aliphatic heterocycles. The minimum absolute atomic E-state index is 0.309. The van der Waals surface area contributed by atoms with E-state index in [4.69, 9.17) is 11.6 Å². The average Bonchev–Trinajstić information content (AvgIpc) is 2.56. The molecule has 2 unspecified atom stereocenters. The minimum atomic E-state index is -0.970. The molecule has 0 spiro atoms. The van der Waals surface area contributed by atoms with Crippen LogP contribution in [0.1, 0.15) is 18.5 Å². The normalized spacial score (nSPS) is 27.9. The van der Waals surface area contributed by atoms with Gasteiger partial charge in [0.25, 0.3) is 0 Å². The number of nitrogens with zero attached hydrogens (tertiary/aromatic N) is 1. The van der Waals surface area contributed by atoms with E-state index in [1.807, 2.05) is 0 Å². The number of amides is 1. The van der Waals surface area contributed by atoms with Crippen molar-refractivity contribution in [2.75, 3.05) is 0 Å². The fourth-order valence-corrected chi connectivity index (χ4v) is 2.36. The maximum absolute atomic E-state index is 11.5. The van der Waals surface area contributed by atoms with Gasteiger partial charge in [-0.25, -0.2) is 0 Å². The Labute approximate surface area is 103 Å². The van der Waals surface area contributed by atoms with Crippen LogP contribution in [0.4, 0.5) is 0 Å². The lowest BCUT2D eigenvalue weighted by atomic mass is 9.95. The summed E-state index contributed by atoms with van der Waals surface area (Å²) in [6.07, 6.45) is 0. The molecule has 0 aliphatic carbocycles. The predicted octanol–water partition coefficient (Wildman–Crippen LogP) is 1.79. The van der Waals surface area contributed by atoms with Crippen molar-refractivity contribution in [1.82, 2.24) is 5.32 Å². The van der Waals surface area contributed by atoms with Crippen LogP contribution in [-0.2, 0) is 4.79 Å². The lowest BCUT2D eigenvalue weighted by Gasteiger charge is -2.15. The van der Waals surface area contributed by atoms with E-state index in [9.17, 15) is 14.9 Å². The standard InChI is InChI=1S/C11H11ClN2O3/c1-6-10(14(16)17)9(13-11(6)15)7-4-2-3-5-8(7)12/h2-6,9-10H,1H3,(H,13,15)/t6?,9?,10-/m0/s1. The molecule has 17 heavy (non-hydrogen) atoms. The summed E-state index contributed by atoms with van der Waals surface area (Å²) in [5.74, 6) is -0.956. The Hall–Kier alpha value is -1.62. The topological polar surface area (TPSA) is 72.2 Å². The first-order valence-corrected chi connectivity index (χ1v) is 5.58. The number of carbonyl (C=O) groups excluding carboxylic acids is 1. The average molecular weight is 255 g/mol. The number of nitro groups is 1. The molecular weight excluding hydrogens is 244 g/mol. The highest BCUT2D eigenvalue weighted by molar-refractivity contribution is 6.31. The second kappa shape index (κ2) is 4.33. The number of benzene rings is 1. The maximum atomic E-state index is 11.5. The van der Waals surface area contributed by atoms with E-state index in [-0.39, 0.29) is 5.91 Å². The van der Waals surface area contributed by atoms with Crippen molar-refractivity contribution in [3.05, 3.63) is 45.0 Å². The van der Waals surface area contributed by atoms with Gasteiger partial charge in [0, 0.05) is 9.95 Å². The van der Waals surface area contributed by atoms with E-state index in [0.29, 0.717) is 10.6 Å². The first kappa shape index (κ1) is 11.9. The molecule has 5 nitrogen and oxygen atoms in total. The van der Waals surface area contributed by atoms with Crippen LogP contribution in [0.2, 0.25) is 5.02 Å². The molecule has 1 amide bonds. The predicted molar refractivity (Wildman–Crippen MR) is 62.3 cm³/mol. The Morgan fingerprint density at radius 2 is 2.06 bits per heavy atom. The molecule has 1 fully saturated rings. The van der Waals surface area contributed by atoms with Crippen molar-refractivity contribution in [3.8, 4) is 0 Å². The number of carbonyl (C=O) groups is 1. The number of hydrogen-bond donors (Lipinski definition) is 1. The fraction of sp³-hybridized carbons (Fsp3) is 0.364. The van der Waals surface area contributed by atoms with Gasteiger partial charge >= 0.3 is 0 Å². The highest BCUT2D eigenvalue weighted by Crippen LogP contribution is 2.33. The highest BCUT2D eigenvalue weighted by atomic mass is 35.5. The van der Waals surface area contributed by atoms with Crippen molar-refractivity contribution in [1.29, 1.82) is 0 Å². The Morgan fingerprint density at radius 1 is 1.41 bits per heavy atom. The largest absolute Gasteiger partial charge is 0.342 e. The van der Waals surface area contributed by atoms with Crippen LogP contribution in [-0.4, -0.2) is 16.9 Å². The zero-order valence-corrected chi connectivity index (χ0v) is 9.85. The van der Waals surface area contributed by atoms with Crippen molar-refractivity contribution in [2.24, 2.45) is 5.92 Å². The smallest absolute Gasteiger partial charge is 0.248 e. The maximum Gasteiger partial charge on any atom is 0.248 e. The number of hydrogen-bond acceptors (Lipinski definition) is 3. The number of rotatable bonds is 2. The summed E-state index contributed by atoms with van der Waals surface area (Å²) in [4.78, 5) is 22.1. The van der Waals surface area contributed by atoms with Crippen LogP contribution < -0.4 is 5.32 Å². The molecule has 0 saturated carbocycles. The van der Waals surface area contributed by atoms with E-state index in [2.05, 4.69) is 5.32 Å². The third-order valence-electron chi connectivity index (χ3n) is 3.05. The number of nitrogens with one attached hydrogen (secondary N) is 1. The third kappa shape index (κ3) is 1.98. The lowest BCUT2D eigenvalue weighted by Crippen LogP contribution is -2.30. The van der Waals surface area contributed by atoms with Gasteiger partial charge in [-0.15, -0.1) is 0 Å². The van der Waals surface area contributed by atoms with Crippen LogP contribution in [0, 0.1) is 16.0 Å². The van der Waals surface area contributed by atoms with Crippen molar-refractivity contribution < 1.29 is 9.72 Å². The zero-order valence-electron chi connectivity index (χ0n) is 9.09. The van der Waals surface area contributed by atoms with E-state index < -0.39 is 22.9 Å². The summed E-state index contributed by atoms with van der Waals surface area (Å²) in [6, 6.07) is 5.22. The van der Waals surface area contributed by atoms with Crippen molar-refractivity contribution in [2.45, 2.75) is 19.0 Å². The zero-order chi connectivity index (χ0) is 12.6. The Morgan fingerprint density at radius 3 is 2.65 bits per heavy atom. The summed E-state index contributed by atoms with van der Waals surface area (Å²) in [5.41, 5.74) is 0.591. The summed E-state index contributed by atoms with van der Waals surface area (Å²) < 4.78 is 0. The Bertz CT molecular complexity index is 478. The lowest BCUT2D eigenvalue weighted by molar-refractivity contribution is -0.530. The van der Waals surface area contributed by atoms with Gasteiger partial charge in [0.15, 0.2) is 0 Å². The van der Waals surface area contributed by atoms with Crippen LogP contribution in [0.15, 0.2) is 24.3 Å².